The molecule has 26 heavy (non-hydrogen) atoms. The van der Waals surface area contributed by atoms with Crippen LogP contribution < -0.4 is 0 Å². The molecule has 1 atom stereocenters. The van der Waals surface area contributed by atoms with Gasteiger partial charge in [0.25, 0.3) is 0 Å². The van der Waals surface area contributed by atoms with Gasteiger partial charge in [0.2, 0.25) is 6.10 Å². The molecule has 8 nitrogen and oxygen atoms in total. The summed E-state index contributed by atoms with van der Waals surface area (Å²) in [5.74, 6) is -2.88. The molecule has 0 aliphatic rings. The van der Waals surface area contributed by atoms with Gasteiger partial charge in [0, 0.05) is 0 Å². The summed E-state index contributed by atoms with van der Waals surface area (Å²) in [5.41, 5.74) is 0.499. The molecule has 0 bridgehead atoms. The van der Waals surface area contributed by atoms with E-state index >= 15 is 0 Å². The van der Waals surface area contributed by atoms with Crippen LogP contribution in [0.1, 0.15) is 20.7 Å². The average Bonchev–Trinajstić information content (AvgIpc) is 2.66. The Balaban J connectivity index is 0.00000105. The predicted molar refractivity (Wildman–Crippen MR) is 85.0 cm³/mol. The molecular formula is C18H14O8. The SMILES string of the molecule is O=C(OC[C@H](OC(=O)c1ccccc1)C(=O)O)c1ccccc1.O=C=O. The summed E-state index contributed by atoms with van der Waals surface area (Å²) in [5, 5.41) is 9.08. The van der Waals surface area contributed by atoms with Crippen molar-refractivity contribution in [3.05, 3.63) is 71.8 Å². The van der Waals surface area contributed by atoms with Crippen molar-refractivity contribution in [2.75, 3.05) is 6.61 Å². The van der Waals surface area contributed by atoms with E-state index in [2.05, 4.69) is 0 Å². The summed E-state index contributed by atoms with van der Waals surface area (Å²) < 4.78 is 9.76. The summed E-state index contributed by atoms with van der Waals surface area (Å²) in [4.78, 5) is 51.0. The van der Waals surface area contributed by atoms with E-state index in [1.165, 1.54) is 24.3 Å². The summed E-state index contributed by atoms with van der Waals surface area (Å²) in [6.45, 7) is -0.568. The zero-order valence-electron chi connectivity index (χ0n) is 13.4. The number of carbonyl (C=O) groups excluding carboxylic acids is 4. The summed E-state index contributed by atoms with van der Waals surface area (Å²) in [6, 6.07) is 16.1. The van der Waals surface area contributed by atoms with Gasteiger partial charge in [0.1, 0.15) is 6.61 Å². The van der Waals surface area contributed by atoms with Crippen LogP contribution in [0.5, 0.6) is 0 Å². The molecule has 0 unspecified atom stereocenters. The van der Waals surface area contributed by atoms with E-state index in [1.807, 2.05) is 0 Å². The molecule has 0 aromatic heterocycles. The third-order valence-electron chi connectivity index (χ3n) is 2.91. The molecule has 8 heteroatoms. The van der Waals surface area contributed by atoms with E-state index in [0.29, 0.717) is 0 Å². The molecule has 0 spiro atoms. The van der Waals surface area contributed by atoms with Crippen LogP contribution in [0.15, 0.2) is 60.7 Å². The number of aliphatic carboxylic acids is 1. The second-order valence-electron chi connectivity index (χ2n) is 4.65. The molecule has 1 N–H and O–H groups in total. The van der Waals surface area contributed by atoms with Crippen LogP contribution in [0.4, 0.5) is 0 Å². The summed E-state index contributed by atoms with van der Waals surface area (Å²) in [6.07, 6.45) is -1.32. The second kappa shape index (κ2) is 10.9. The van der Waals surface area contributed by atoms with Gasteiger partial charge >= 0.3 is 24.1 Å². The van der Waals surface area contributed by atoms with Gasteiger partial charge in [-0.05, 0) is 24.3 Å². The highest BCUT2D eigenvalue weighted by atomic mass is 16.6. The normalized spacial score (nSPS) is 10.3. The molecule has 0 radical (unpaired) electrons. The number of hydrogen-bond acceptors (Lipinski definition) is 7. The van der Waals surface area contributed by atoms with Gasteiger partial charge in [-0.15, -0.1) is 0 Å². The Hall–Kier alpha value is -3.77. The molecule has 0 aliphatic carbocycles. The number of hydrogen-bond donors (Lipinski definition) is 1. The lowest BCUT2D eigenvalue weighted by Crippen LogP contribution is -2.32. The molecular weight excluding hydrogens is 344 g/mol. The minimum Gasteiger partial charge on any atom is -0.478 e. The Bertz CT molecular complexity index is 764. The number of carboxylic acid groups (broad SMARTS) is 1. The van der Waals surface area contributed by atoms with E-state index < -0.39 is 30.6 Å². The number of esters is 2. The maximum Gasteiger partial charge on any atom is 0.373 e. The molecule has 2 aromatic carbocycles. The summed E-state index contributed by atoms with van der Waals surface area (Å²) in [7, 11) is 0. The molecule has 0 saturated heterocycles. The van der Waals surface area contributed by atoms with Crippen LogP contribution >= 0.6 is 0 Å². The van der Waals surface area contributed by atoms with Crippen LogP contribution in [-0.4, -0.2) is 41.9 Å². The number of rotatable bonds is 6. The fraction of sp³-hybridized carbons (Fsp3) is 0.111. The fourth-order valence-corrected chi connectivity index (χ4v) is 1.74. The van der Waals surface area contributed by atoms with E-state index in [1.54, 1.807) is 36.4 Å². The lowest BCUT2D eigenvalue weighted by Gasteiger charge is -2.14. The third kappa shape index (κ3) is 6.77. The Morgan fingerprint density at radius 3 is 1.69 bits per heavy atom. The van der Waals surface area contributed by atoms with E-state index in [-0.39, 0.29) is 17.3 Å². The van der Waals surface area contributed by atoms with Crippen molar-refractivity contribution in [2.24, 2.45) is 0 Å². The van der Waals surface area contributed by atoms with Crippen LogP contribution in [0, 0.1) is 0 Å². The third-order valence-corrected chi connectivity index (χ3v) is 2.91. The molecule has 0 fully saturated rings. The number of carbonyl (C=O) groups is 3. The Kier molecular flexibility index (Phi) is 8.50. The quantitative estimate of drug-likeness (QED) is 0.772. The van der Waals surface area contributed by atoms with E-state index in [0.717, 1.165) is 0 Å². The van der Waals surface area contributed by atoms with E-state index in [9.17, 15) is 14.4 Å². The lowest BCUT2D eigenvalue weighted by molar-refractivity contribution is -0.191. The second-order valence-corrected chi connectivity index (χ2v) is 4.65. The molecule has 0 saturated carbocycles. The van der Waals surface area contributed by atoms with Gasteiger partial charge in [-0.25, -0.2) is 14.4 Å². The van der Waals surface area contributed by atoms with Gasteiger partial charge in [-0.1, -0.05) is 36.4 Å². The van der Waals surface area contributed by atoms with Crippen LogP contribution in [0.25, 0.3) is 0 Å². The van der Waals surface area contributed by atoms with Crippen molar-refractivity contribution in [3.63, 3.8) is 0 Å². The topological polar surface area (TPSA) is 124 Å². The summed E-state index contributed by atoms with van der Waals surface area (Å²) >= 11 is 0. The molecule has 2 aromatic rings. The molecule has 134 valence electrons. The Morgan fingerprint density at radius 2 is 1.27 bits per heavy atom. The zero-order valence-corrected chi connectivity index (χ0v) is 13.4. The van der Waals surface area contributed by atoms with Gasteiger partial charge < -0.3 is 14.6 Å². The number of benzene rings is 2. The molecule has 0 heterocycles. The van der Waals surface area contributed by atoms with Crippen molar-refractivity contribution in [3.8, 4) is 0 Å². The molecule has 0 amide bonds. The van der Waals surface area contributed by atoms with Crippen molar-refractivity contribution < 1.29 is 38.6 Å². The van der Waals surface area contributed by atoms with Crippen molar-refractivity contribution in [2.45, 2.75) is 6.10 Å². The first kappa shape index (κ1) is 20.3. The zero-order chi connectivity index (χ0) is 19.4. The Labute approximate surface area is 148 Å². The van der Waals surface area contributed by atoms with Gasteiger partial charge in [0.05, 0.1) is 11.1 Å². The highest BCUT2D eigenvalue weighted by Crippen LogP contribution is 2.07. The van der Waals surface area contributed by atoms with Gasteiger partial charge in [-0.2, -0.15) is 9.59 Å². The van der Waals surface area contributed by atoms with Crippen LogP contribution in [-0.2, 0) is 23.9 Å². The van der Waals surface area contributed by atoms with E-state index in [4.69, 9.17) is 24.2 Å². The lowest BCUT2D eigenvalue weighted by atomic mass is 10.2. The monoisotopic (exact) mass is 358 g/mol. The predicted octanol–water partition coefficient (Wildman–Crippen LogP) is 1.57. The van der Waals surface area contributed by atoms with Crippen LogP contribution in [0.2, 0.25) is 0 Å². The minimum absolute atomic E-state index is 0.216. The Morgan fingerprint density at radius 1 is 0.846 bits per heavy atom. The first-order valence-electron chi connectivity index (χ1n) is 7.20. The van der Waals surface area contributed by atoms with Crippen molar-refractivity contribution >= 4 is 24.1 Å². The minimum atomic E-state index is -1.57. The first-order valence-corrected chi connectivity index (χ1v) is 7.20. The average molecular weight is 358 g/mol. The number of ether oxygens (including phenoxy) is 2. The highest BCUT2D eigenvalue weighted by molar-refractivity contribution is 5.92. The van der Waals surface area contributed by atoms with Crippen LogP contribution in [0.3, 0.4) is 0 Å². The fourth-order valence-electron chi connectivity index (χ4n) is 1.74. The molecule has 0 aliphatic heterocycles. The maximum absolute atomic E-state index is 11.8. The maximum atomic E-state index is 11.8. The van der Waals surface area contributed by atoms with Crippen molar-refractivity contribution in [1.82, 2.24) is 0 Å². The van der Waals surface area contributed by atoms with Gasteiger partial charge in [-0.3, -0.25) is 0 Å². The first-order chi connectivity index (χ1) is 12.5. The van der Waals surface area contributed by atoms with Gasteiger partial charge in [0.15, 0.2) is 0 Å². The standard InChI is InChI=1S/C17H14O6.CO2/c18-15(19)14(23-17(21)13-9-5-2-6-10-13)11-22-16(20)12-7-3-1-4-8-12;2-1-3/h1-10,14H,11H2,(H,18,19);/t14-;/m0./s1. The highest BCUT2D eigenvalue weighted by Gasteiger charge is 2.25. The largest absolute Gasteiger partial charge is 0.478 e. The smallest absolute Gasteiger partial charge is 0.373 e. The molecule has 2 rings (SSSR count). The van der Waals surface area contributed by atoms with Crippen molar-refractivity contribution in [1.29, 1.82) is 0 Å². The number of carboxylic acids is 1.